The summed E-state index contributed by atoms with van der Waals surface area (Å²) in [4.78, 5) is 26.9. The zero-order valence-corrected chi connectivity index (χ0v) is 19.2. The van der Waals surface area contributed by atoms with Gasteiger partial charge in [-0.25, -0.2) is 9.80 Å². The molecule has 0 spiro atoms. The number of urea groups is 1. The highest BCUT2D eigenvalue weighted by atomic mass is 16.5. The average Bonchev–Trinajstić information content (AvgIpc) is 3.24. The van der Waals surface area contributed by atoms with Crippen LogP contribution in [0.25, 0.3) is 0 Å². The molecule has 0 aliphatic carbocycles. The van der Waals surface area contributed by atoms with Crippen molar-refractivity contribution in [1.82, 2.24) is 15.2 Å². The number of rotatable bonds is 7. The van der Waals surface area contributed by atoms with Crippen LogP contribution >= 0.6 is 0 Å². The van der Waals surface area contributed by atoms with E-state index >= 15 is 0 Å². The third-order valence-corrected chi connectivity index (χ3v) is 5.20. The molecular formula is C24H30N4O4. The molecule has 1 aliphatic rings. The molecule has 8 heteroatoms. The second-order valence-electron chi connectivity index (χ2n) is 7.94. The highest BCUT2D eigenvalue weighted by Gasteiger charge is 2.35. The van der Waals surface area contributed by atoms with Crippen LogP contribution in [0.15, 0.2) is 53.6 Å². The molecule has 8 nitrogen and oxygen atoms in total. The summed E-state index contributed by atoms with van der Waals surface area (Å²) in [5.74, 6) is 1.12. The van der Waals surface area contributed by atoms with Crippen molar-refractivity contribution in [2.75, 3.05) is 27.8 Å². The summed E-state index contributed by atoms with van der Waals surface area (Å²) < 4.78 is 10.9. The number of ether oxygens (including phenoxy) is 2. The van der Waals surface area contributed by atoms with Crippen LogP contribution in [0.5, 0.6) is 11.5 Å². The summed E-state index contributed by atoms with van der Waals surface area (Å²) in [7, 11) is 4.81. The molecule has 3 rings (SSSR count). The Labute approximate surface area is 188 Å². The Balaban J connectivity index is 1.92. The zero-order chi connectivity index (χ0) is 23.3. The summed E-state index contributed by atoms with van der Waals surface area (Å²) in [5, 5.41) is 8.93. The van der Waals surface area contributed by atoms with E-state index in [9.17, 15) is 9.59 Å². The first-order valence-corrected chi connectivity index (χ1v) is 10.5. The molecule has 1 N–H and O–H groups in total. The van der Waals surface area contributed by atoms with E-state index in [2.05, 4.69) is 10.4 Å². The van der Waals surface area contributed by atoms with Gasteiger partial charge in [0, 0.05) is 30.6 Å². The van der Waals surface area contributed by atoms with Gasteiger partial charge in [0.25, 0.3) is 5.91 Å². The molecule has 0 radical (unpaired) electrons. The quantitative estimate of drug-likeness (QED) is 0.718. The van der Waals surface area contributed by atoms with Crippen molar-refractivity contribution in [2.24, 2.45) is 5.10 Å². The van der Waals surface area contributed by atoms with Crippen LogP contribution in [0.4, 0.5) is 4.79 Å². The number of hydrogen-bond donors (Lipinski definition) is 1. The first-order valence-electron chi connectivity index (χ1n) is 10.5. The number of nitrogens with one attached hydrogen (secondary N) is 1. The molecule has 0 unspecified atom stereocenters. The van der Waals surface area contributed by atoms with Crippen molar-refractivity contribution in [3.05, 3.63) is 59.7 Å². The predicted molar refractivity (Wildman–Crippen MR) is 123 cm³/mol. The SMILES string of the molecule is COc1cccc(C2=NN(C(=O)CN(C)C(=O)NC(C)C)[C@H](c3ccccc3OC)C2)c1. The summed E-state index contributed by atoms with van der Waals surface area (Å²) in [6, 6.07) is 14.5. The second-order valence-corrected chi connectivity index (χ2v) is 7.94. The Morgan fingerprint density at radius 3 is 2.59 bits per heavy atom. The molecule has 1 heterocycles. The van der Waals surface area contributed by atoms with Gasteiger partial charge >= 0.3 is 6.03 Å². The van der Waals surface area contributed by atoms with Gasteiger partial charge in [-0.2, -0.15) is 5.10 Å². The molecule has 0 saturated carbocycles. The van der Waals surface area contributed by atoms with E-state index in [4.69, 9.17) is 9.47 Å². The van der Waals surface area contributed by atoms with Gasteiger partial charge in [0.05, 0.1) is 26.0 Å². The van der Waals surface area contributed by atoms with E-state index in [-0.39, 0.29) is 30.6 Å². The Morgan fingerprint density at radius 2 is 1.91 bits per heavy atom. The van der Waals surface area contributed by atoms with Gasteiger partial charge in [0.15, 0.2) is 0 Å². The Kier molecular flexibility index (Phi) is 7.35. The van der Waals surface area contributed by atoms with Crippen molar-refractivity contribution >= 4 is 17.6 Å². The molecule has 170 valence electrons. The number of hydrogen-bond acceptors (Lipinski definition) is 5. The van der Waals surface area contributed by atoms with Crippen LogP contribution < -0.4 is 14.8 Å². The smallest absolute Gasteiger partial charge is 0.317 e. The highest BCUT2D eigenvalue weighted by molar-refractivity contribution is 6.03. The lowest BCUT2D eigenvalue weighted by atomic mass is 9.97. The molecule has 0 bridgehead atoms. The number of carbonyl (C=O) groups is 2. The normalized spacial score (nSPS) is 15.4. The van der Waals surface area contributed by atoms with E-state index in [0.717, 1.165) is 16.8 Å². The largest absolute Gasteiger partial charge is 0.497 e. The van der Waals surface area contributed by atoms with Gasteiger partial charge in [-0.3, -0.25) is 4.79 Å². The van der Waals surface area contributed by atoms with Crippen LogP contribution in [0.1, 0.15) is 37.4 Å². The lowest BCUT2D eigenvalue weighted by Crippen LogP contribution is -2.45. The van der Waals surface area contributed by atoms with Gasteiger partial charge in [-0.1, -0.05) is 30.3 Å². The van der Waals surface area contributed by atoms with Crippen molar-refractivity contribution < 1.29 is 19.1 Å². The molecule has 1 atom stereocenters. The predicted octanol–water partition coefficient (Wildman–Crippen LogP) is 3.43. The van der Waals surface area contributed by atoms with Crippen LogP contribution in [0.3, 0.4) is 0 Å². The van der Waals surface area contributed by atoms with Gasteiger partial charge < -0.3 is 19.7 Å². The Morgan fingerprint density at radius 1 is 1.16 bits per heavy atom. The molecule has 1 aliphatic heterocycles. The van der Waals surface area contributed by atoms with Gasteiger partial charge in [-0.15, -0.1) is 0 Å². The Hall–Kier alpha value is -3.55. The number of benzene rings is 2. The molecule has 2 aromatic rings. The maximum atomic E-state index is 13.3. The number of nitrogens with zero attached hydrogens (tertiary/aromatic N) is 3. The molecule has 3 amide bonds. The van der Waals surface area contributed by atoms with E-state index < -0.39 is 0 Å². The van der Waals surface area contributed by atoms with Crippen LogP contribution in [0, 0.1) is 0 Å². The molecule has 0 aromatic heterocycles. The monoisotopic (exact) mass is 438 g/mol. The van der Waals surface area contributed by atoms with Gasteiger partial charge in [0.2, 0.25) is 0 Å². The van der Waals surface area contributed by atoms with E-state index in [1.807, 2.05) is 62.4 Å². The topological polar surface area (TPSA) is 83.5 Å². The maximum absolute atomic E-state index is 13.3. The molecular weight excluding hydrogens is 408 g/mol. The second kappa shape index (κ2) is 10.2. The maximum Gasteiger partial charge on any atom is 0.317 e. The summed E-state index contributed by atoms with van der Waals surface area (Å²) in [6.45, 7) is 3.64. The summed E-state index contributed by atoms with van der Waals surface area (Å²) in [5.41, 5.74) is 2.51. The number of carbonyl (C=O) groups excluding carboxylic acids is 2. The number of likely N-dealkylation sites (N-methyl/N-ethyl adjacent to an activating group) is 1. The van der Waals surface area contributed by atoms with Crippen LogP contribution in [-0.2, 0) is 4.79 Å². The highest BCUT2D eigenvalue weighted by Crippen LogP contribution is 2.37. The summed E-state index contributed by atoms with van der Waals surface area (Å²) >= 11 is 0. The molecule has 0 fully saturated rings. The van der Waals surface area contributed by atoms with Gasteiger partial charge in [0.1, 0.15) is 18.0 Å². The van der Waals surface area contributed by atoms with Crippen LogP contribution in [0.2, 0.25) is 0 Å². The van der Waals surface area contributed by atoms with Crippen molar-refractivity contribution in [1.29, 1.82) is 0 Å². The first kappa shape index (κ1) is 23.1. The molecule has 0 saturated heterocycles. The first-order chi connectivity index (χ1) is 15.3. The van der Waals surface area contributed by atoms with Crippen LogP contribution in [-0.4, -0.2) is 61.4 Å². The third kappa shape index (κ3) is 5.19. The van der Waals surface area contributed by atoms with Crippen molar-refractivity contribution in [3.63, 3.8) is 0 Å². The number of amides is 3. The number of hydrazone groups is 1. The van der Waals surface area contributed by atoms with E-state index in [0.29, 0.717) is 17.9 Å². The molecule has 32 heavy (non-hydrogen) atoms. The third-order valence-electron chi connectivity index (χ3n) is 5.20. The minimum atomic E-state index is -0.346. The summed E-state index contributed by atoms with van der Waals surface area (Å²) in [6.07, 6.45) is 0.515. The fraction of sp³-hybridized carbons (Fsp3) is 0.375. The lowest BCUT2D eigenvalue weighted by molar-refractivity contribution is -0.133. The van der Waals surface area contributed by atoms with E-state index in [1.165, 1.54) is 9.91 Å². The van der Waals surface area contributed by atoms with Crippen molar-refractivity contribution in [3.8, 4) is 11.5 Å². The average molecular weight is 439 g/mol. The minimum Gasteiger partial charge on any atom is -0.497 e. The standard InChI is InChI=1S/C24H30N4O4/c1-16(2)25-24(30)27(3)15-23(29)28-21(19-11-6-7-12-22(19)32-5)14-20(26-28)17-9-8-10-18(13-17)31-4/h6-13,16,21H,14-15H2,1-5H3,(H,25,30)/t21-/m0/s1. The minimum absolute atomic E-state index is 0.0224. The van der Waals surface area contributed by atoms with E-state index in [1.54, 1.807) is 21.3 Å². The fourth-order valence-electron chi connectivity index (χ4n) is 3.61. The molecule has 2 aromatic carbocycles. The fourth-order valence-corrected chi connectivity index (χ4v) is 3.61. The zero-order valence-electron chi connectivity index (χ0n) is 19.2. The number of para-hydroxylation sites is 1. The Bertz CT molecular complexity index is 1000. The number of methoxy groups -OCH3 is 2. The lowest BCUT2D eigenvalue weighted by Gasteiger charge is -2.26. The van der Waals surface area contributed by atoms with Crippen molar-refractivity contribution in [2.45, 2.75) is 32.4 Å². The van der Waals surface area contributed by atoms with Gasteiger partial charge in [-0.05, 0) is 32.0 Å².